The van der Waals surface area contributed by atoms with Crippen LogP contribution in [0.1, 0.15) is 11.7 Å². The monoisotopic (exact) mass is 403 g/mol. The van der Waals surface area contributed by atoms with Crippen molar-refractivity contribution in [2.24, 2.45) is 0 Å². The summed E-state index contributed by atoms with van der Waals surface area (Å²) in [5, 5.41) is 14.1. The molecule has 2 aromatic carbocycles. The van der Waals surface area contributed by atoms with Crippen LogP contribution in [0.4, 0.5) is 5.69 Å². The van der Waals surface area contributed by atoms with Gasteiger partial charge in [0.2, 0.25) is 0 Å². The Balaban J connectivity index is 2.02. The van der Waals surface area contributed by atoms with E-state index in [1.807, 2.05) is 42.5 Å². The van der Waals surface area contributed by atoms with Crippen molar-refractivity contribution in [2.45, 2.75) is 6.10 Å². The molecule has 0 aliphatic carbocycles. The lowest BCUT2D eigenvalue weighted by Crippen LogP contribution is -2.12. The molecule has 0 saturated carbocycles. The number of nitrogens with one attached hydrogen (secondary N) is 1. The Morgan fingerprint density at radius 2 is 2.10 bits per heavy atom. The van der Waals surface area contributed by atoms with Gasteiger partial charge in [0.15, 0.2) is 0 Å². The first-order valence-electron chi connectivity index (χ1n) is 6.11. The molecule has 0 aliphatic heterocycles. The fraction of sp³-hybridized carbons (Fsp3) is 0.200. The quantitative estimate of drug-likeness (QED) is 0.739. The molecule has 0 amide bonds. The van der Waals surface area contributed by atoms with Gasteiger partial charge in [-0.25, -0.2) is 0 Å². The van der Waals surface area contributed by atoms with Crippen LogP contribution in [0.5, 0.6) is 5.75 Å². The number of methoxy groups -OCH3 is 1. The lowest BCUT2D eigenvalue weighted by atomic mass is 10.1. The van der Waals surface area contributed by atoms with E-state index < -0.39 is 6.10 Å². The highest BCUT2D eigenvalue weighted by atomic mass is 127. The van der Waals surface area contributed by atoms with E-state index in [1.54, 1.807) is 7.11 Å². The smallest absolute Gasteiger partial charge is 0.119 e. The molecule has 2 N–H and O–H groups in total. The molecule has 0 aromatic heterocycles. The standard InChI is InChI=1S/C15H15ClINO2/c1-20-12-4-2-3-10(7-12)15(19)9-18-14-6-5-11(16)8-13(14)17/h2-8,15,18-19H,9H2,1H3. The molecular formula is C15H15ClINO2. The average Bonchev–Trinajstić information content (AvgIpc) is 2.46. The Labute approximate surface area is 137 Å². The van der Waals surface area contributed by atoms with Gasteiger partial charge in [-0.05, 0) is 58.5 Å². The number of hydrogen-bond donors (Lipinski definition) is 2. The molecule has 0 aliphatic rings. The van der Waals surface area contributed by atoms with Crippen molar-refractivity contribution >= 4 is 39.9 Å². The van der Waals surface area contributed by atoms with Crippen LogP contribution in [0.15, 0.2) is 42.5 Å². The number of aliphatic hydroxyl groups is 1. The molecule has 0 radical (unpaired) electrons. The maximum Gasteiger partial charge on any atom is 0.119 e. The van der Waals surface area contributed by atoms with Crippen molar-refractivity contribution in [2.75, 3.05) is 19.0 Å². The molecule has 1 atom stereocenters. The summed E-state index contributed by atoms with van der Waals surface area (Å²) in [6, 6.07) is 13.0. The second-order valence-corrected chi connectivity index (χ2v) is 5.90. The third-order valence-corrected chi connectivity index (χ3v) is 4.02. The molecule has 0 heterocycles. The first-order valence-corrected chi connectivity index (χ1v) is 7.57. The topological polar surface area (TPSA) is 41.5 Å². The molecule has 2 aromatic rings. The number of aliphatic hydroxyl groups excluding tert-OH is 1. The zero-order chi connectivity index (χ0) is 14.5. The van der Waals surface area contributed by atoms with Crippen molar-refractivity contribution in [1.29, 1.82) is 0 Å². The zero-order valence-electron chi connectivity index (χ0n) is 10.9. The fourth-order valence-corrected chi connectivity index (χ4v) is 2.87. The minimum absolute atomic E-state index is 0.421. The van der Waals surface area contributed by atoms with Gasteiger partial charge in [-0.2, -0.15) is 0 Å². The molecule has 106 valence electrons. The molecule has 20 heavy (non-hydrogen) atoms. The van der Waals surface area contributed by atoms with Gasteiger partial charge >= 0.3 is 0 Å². The van der Waals surface area contributed by atoms with Gasteiger partial charge in [-0.15, -0.1) is 0 Å². The molecule has 1 unspecified atom stereocenters. The van der Waals surface area contributed by atoms with Gasteiger partial charge < -0.3 is 15.2 Å². The largest absolute Gasteiger partial charge is 0.497 e. The van der Waals surface area contributed by atoms with E-state index in [0.29, 0.717) is 11.6 Å². The summed E-state index contributed by atoms with van der Waals surface area (Å²) < 4.78 is 6.17. The molecule has 5 heteroatoms. The van der Waals surface area contributed by atoms with Crippen LogP contribution in [0.2, 0.25) is 5.02 Å². The summed E-state index contributed by atoms with van der Waals surface area (Å²) >= 11 is 8.12. The summed E-state index contributed by atoms with van der Waals surface area (Å²) in [7, 11) is 1.61. The summed E-state index contributed by atoms with van der Waals surface area (Å²) in [6.07, 6.45) is -0.600. The van der Waals surface area contributed by atoms with Crippen molar-refractivity contribution in [3.8, 4) is 5.75 Å². The minimum Gasteiger partial charge on any atom is -0.497 e. The Bertz CT molecular complexity index is 592. The lowest BCUT2D eigenvalue weighted by Gasteiger charge is -2.15. The molecule has 0 bridgehead atoms. The molecule has 3 nitrogen and oxygen atoms in total. The second-order valence-electron chi connectivity index (χ2n) is 4.30. The Morgan fingerprint density at radius 3 is 2.80 bits per heavy atom. The normalized spacial score (nSPS) is 12.0. The molecule has 2 rings (SSSR count). The Hall–Kier alpha value is -0.980. The first kappa shape index (κ1) is 15.4. The maximum absolute atomic E-state index is 10.2. The van der Waals surface area contributed by atoms with Crippen molar-refractivity contribution in [3.05, 3.63) is 56.6 Å². The number of benzene rings is 2. The number of hydrogen-bond acceptors (Lipinski definition) is 3. The highest BCUT2D eigenvalue weighted by Gasteiger charge is 2.09. The predicted molar refractivity (Wildman–Crippen MR) is 90.6 cm³/mol. The second kappa shape index (κ2) is 7.15. The average molecular weight is 404 g/mol. The van der Waals surface area contributed by atoms with Gasteiger partial charge in [0.05, 0.1) is 13.2 Å². The van der Waals surface area contributed by atoms with Crippen LogP contribution in [0.3, 0.4) is 0 Å². The Morgan fingerprint density at radius 1 is 1.30 bits per heavy atom. The van der Waals surface area contributed by atoms with E-state index in [0.717, 1.165) is 20.6 Å². The van der Waals surface area contributed by atoms with Gasteiger partial charge in [0.1, 0.15) is 5.75 Å². The highest BCUT2D eigenvalue weighted by molar-refractivity contribution is 14.1. The fourth-order valence-electron chi connectivity index (χ4n) is 1.81. The third-order valence-electron chi connectivity index (χ3n) is 2.90. The van der Waals surface area contributed by atoms with Crippen LogP contribution < -0.4 is 10.1 Å². The van der Waals surface area contributed by atoms with E-state index in [9.17, 15) is 5.11 Å². The summed E-state index contributed by atoms with van der Waals surface area (Å²) in [6.45, 7) is 0.421. The number of halogens is 2. The van der Waals surface area contributed by atoms with Crippen LogP contribution in [0.25, 0.3) is 0 Å². The molecule has 0 fully saturated rings. The lowest BCUT2D eigenvalue weighted by molar-refractivity contribution is 0.191. The summed E-state index contributed by atoms with van der Waals surface area (Å²) in [4.78, 5) is 0. The van der Waals surface area contributed by atoms with E-state index >= 15 is 0 Å². The first-order chi connectivity index (χ1) is 9.60. The zero-order valence-corrected chi connectivity index (χ0v) is 13.9. The molecule has 0 spiro atoms. The SMILES string of the molecule is COc1cccc(C(O)CNc2ccc(Cl)cc2I)c1. The van der Waals surface area contributed by atoms with Crippen molar-refractivity contribution < 1.29 is 9.84 Å². The number of ether oxygens (including phenoxy) is 1. The van der Waals surface area contributed by atoms with E-state index in [4.69, 9.17) is 16.3 Å². The van der Waals surface area contributed by atoms with Crippen LogP contribution >= 0.6 is 34.2 Å². The van der Waals surface area contributed by atoms with Gasteiger partial charge in [0.25, 0.3) is 0 Å². The van der Waals surface area contributed by atoms with Crippen LogP contribution in [-0.2, 0) is 0 Å². The maximum atomic E-state index is 10.2. The highest BCUT2D eigenvalue weighted by Crippen LogP contribution is 2.24. The van der Waals surface area contributed by atoms with Crippen molar-refractivity contribution in [3.63, 3.8) is 0 Å². The van der Waals surface area contributed by atoms with E-state index in [2.05, 4.69) is 27.9 Å². The van der Waals surface area contributed by atoms with Gasteiger partial charge in [0, 0.05) is 20.8 Å². The summed E-state index contributed by atoms with van der Waals surface area (Å²) in [5.74, 6) is 0.739. The third kappa shape index (κ3) is 4.01. The number of rotatable bonds is 5. The van der Waals surface area contributed by atoms with Gasteiger partial charge in [-0.1, -0.05) is 23.7 Å². The van der Waals surface area contributed by atoms with E-state index in [-0.39, 0.29) is 0 Å². The number of anilines is 1. The Kier molecular flexibility index (Phi) is 5.51. The van der Waals surface area contributed by atoms with Crippen LogP contribution in [0, 0.1) is 3.57 Å². The van der Waals surface area contributed by atoms with E-state index in [1.165, 1.54) is 0 Å². The van der Waals surface area contributed by atoms with Crippen molar-refractivity contribution in [1.82, 2.24) is 0 Å². The molecule has 0 saturated heterocycles. The molecular weight excluding hydrogens is 389 g/mol. The summed E-state index contributed by atoms with van der Waals surface area (Å²) in [5.41, 5.74) is 1.78. The van der Waals surface area contributed by atoms with Gasteiger partial charge in [-0.3, -0.25) is 0 Å². The minimum atomic E-state index is -0.600. The van der Waals surface area contributed by atoms with Crippen LogP contribution in [-0.4, -0.2) is 18.8 Å². The predicted octanol–water partition coefficient (Wildman–Crippen LogP) is 4.10.